The van der Waals surface area contributed by atoms with Crippen LogP contribution in [0, 0.1) is 0 Å². The maximum Gasteiger partial charge on any atom is 0.325 e. The Morgan fingerprint density at radius 3 is 2.52 bits per heavy atom. The molecule has 146 valence electrons. The Hall–Kier alpha value is -1.79. The van der Waals surface area contributed by atoms with Gasteiger partial charge >= 0.3 is 6.03 Å². The minimum atomic E-state index is -0.815. The van der Waals surface area contributed by atoms with Crippen molar-refractivity contribution in [1.29, 1.82) is 0 Å². The third-order valence-corrected chi connectivity index (χ3v) is 5.82. The van der Waals surface area contributed by atoms with Gasteiger partial charge in [0.25, 0.3) is 5.91 Å². The van der Waals surface area contributed by atoms with E-state index in [1.807, 2.05) is 6.07 Å². The standard InChI is InChI=1S/C19H23Cl2N3O3/c20-14-6-5-13(15(21)11-14)7-10-22-16(25)12-24-17(26)19(23-18(24)27)8-3-1-2-4-9-19/h5-6,11H,1-4,7-10,12H2,(H,22,25)(H,23,27). The molecule has 1 saturated carbocycles. The molecule has 2 N–H and O–H groups in total. The summed E-state index contributed by atoms with van der Waals surface area (Å²) in [6.45, 7) is 0.0930. The molecule has 8 heteroatoms. The number of rotatable bonds is 5. The van der Waals surface area contributed by atoms with E-state index in [1.54, 1.807) is 12.1 Å². The molecule has 4 amide bonds. The van der Waals surface area contributed by atoms with Crippen LogP contribution in [0.1, 0.15) is 44.1 Å². The minimum Gasteiger partial charge on any atom is -0.354 e. The summed E-state index contributed by atoms with van der Waals surface area (Å²) in [5.41, 5.74) is 0.0544. The Bertz CT molecular complexity index is 746. The van der Waals surface area contributed by atoms with Gasteiger partial charge in [-0.05, 0) is 37.0 Å². The minimum absolute atomic E-state index is 0.263. The van der Waals surface area contributed by atoms with Crippen LogP contribution >= 0.6 is 23.2 Å². The topological polar surface area (TPSA) is 78.5 Å². The molecular formula is C19H23Cl2N3O3. The molecule has 6 nitrogen and oxygen atoms in total. The first-order valence-corrected chi connectivity index (χ1v) is 10.0. The van der Waals surface area contributed by atoms with Crippen LogP contribution in [0.5, 0.6) is 0 Å². The molecule has 0 unspecified atom stereocenters. The van der Waals surface area contributed by atoms with Gasteiger partial charge in [0.1, 0.15) is 12.1 Å². The number of halogens is 2. The number of hydrogen-bond donors (Lipinski definition) is 2. The van der Waals surface area contributed by atoms with E-state index in [0.717, 1.165) is 36.1 Å². The highest BCUT2D eigenvalue weighted by molar-refractivity contribution is 6.35. The second-order valence-electron chi connectivity index (χ2n) is 7.15. The molecule has 0 atom stereocenters. The van der Waals surface area contributed by atoms with E-state index < -0.39 is 11.6 Å². The van der Waals surface area contributed by atoms with Gasteiger partial charge in [0.2, 0.25) is 5.91 Å². The number of nitrogens with one attached hydrogen (secondary N) is 2. The monoisotopic (exact) mass is 411 g/mol. The van der Waals surface area contributed by atoms with Crippen LogP contribution in [0.25, 0.3) is 0 Å². The number of hydrogen-bond acceptors (Lipinski definition) is 3. The number of amides is 4. The number of benzene rings is 1. The van der Waals surface area contributed by atoms with E-state index in [1.165, 1.54) is 0 Å². The molecule has 3 rings (SSSR count). The molecule has 1 aliphatic heterocycles. The smallest absolute Gasteiger partial charge is 0.325 e. The van der Waals surface area contributed by atoms with Crippen molar-refractivity contribution in [1.82, 2.24) is 15.5 Å². The maximum absolute atomic E-state index is 12.8. The number of nitrogens with zero attached hydrogens (tertiary/aromatic N) is 1. The van der Waals surface area contributed by atoms with Crippen LogP contribution in [-0.2, 0) is 16.0 Å². The summed E-state index contributed by atoms with van der Waals surface area (Å²) in [7, 11) is 0. The van der Waals surface area contributed by atoms with Gasteiger partial charge in [-0.1, -0.05) is 55.0 Å². The predicted octanol–water partition coefficient (Wildman–Crippen LogP) is 3.30. The molecule has 1 aromatic rings. The van der Waals surface area contributed by atoms with Crippen molar-refractivity contribution in [3.05, 3.63) is 33.8 Å². The second kappa shape index (κ2) is 8.48. The van der Waals surface area contributed by atoms with Crippen LogP contribution in [-0.4, -0.2) is 41.4 Å². The molecule has 1 spiro atoms. The van der Waals surface area contributed by atoms with Crippen LogP contribution in [0.3, 0.4) is 0 Å². The summed E-state index contributed by atoms with van der Waals surface area (Å²) in [6.07, 6.45) is 5.78. The van der Waals surface area contributed by atoms with Crippen LogP contribution in [0.15, 0.2) is 18.2 Å². The van der Waals surface area contributed by atoms with E-state index >= 15 is 0 Å². The van der Waals surface area contributed by atoms with Crippen molar-refractivity contribution in [3.8, 4) is 0 Å². The first-order valence-electron chi connectivity index (χ1n) is 9.26. The van der Waals surface area contributed by atoms with Crippen molar-refractivity contribution in [2.24, 2.45) is 0 Å². The summed E-state index contributed by atoms with van der Waals surface area (Å²) < 4.78 is 0. The van der Waals surface area contributed by atoms with Gasteiger partial charge < -0.3 is 10.6 Å². The molecule has 27 heavy (non-hydrogen) atoms. The van der Waals surface area contributed by atoms with Crippen molar-refractivity contribution in [2.45, 2.75) is 50.5 Å². The summed E-state index contributed by atoms with van der Waals surface area (Å²) >= 11 is 12.0. The van der Waals surface area contributed by atoms with Crippen molar-refractivity contribution in [3.63, 3.8) is 0 Å². The zero-order chi connectivity index (χ0) is 19.4. The Labute approximate surface area is 168 Å². The van der Waals surface area contributed by atoms with E-state index in [-0.39, 0.29) is 18.4 Å². The summed E-state index contributed by atoms with van der Waals surface area (Å²) in [5, 5.41) is 6.67. The number of carbonyl (C=O) groups excluding carboxylic acids is 3. The van der Waals surface area contributed by atoms with Gasteiger partial charge in [0, 0.05) is 16.6 Å². The molecule has 2 fully saturated rings. The molecule has 0 radical (unpaired) electrons. The normalized spacial score (nSPS) is 19.1. The molecule has 1 heterocycles. The Morgan fingerprint density at radius 2 is 1.85 bits per heavy atom. The third-order valence-electron chi connectivity index (χ3n) is 5.24. The van der Waals surface area contributed by atoms with Gasteiger partial charge in [0.15, 0.2) is 0 Å². The Morgan fingerprint density at radius 1 is 1.15 bits per heavy atom. The highest BCUT2D eigenvalue weighted by atomic mass is 35.5. The zero-order valence-corrected chi connectivity index (χ0v) is 16.5. The highest BCUT2D eigenvalue weighted by Crippen LogP contribution is 2.32. The molecule has 1 aliphatic carbocycles. The average molecular weight is 412 g/mol. The molecular weight excluding hydrogens is 389 g/mol. The van der Waals surface area contributed by atoms with Crippen LogP contribution in [0.2, 0.25) is 10.0 Å². The third kappa shape index (κ3) is 4.55. The highest BCUT2D eigenvalue weighted by Gasteiger charge is 2.51. The van der Waals surface area contributed by atoms with Gasteiger partial charge in [-0.2, -0.15) is 0 Å². The fourth-order valence-electron chi connectivity index (χ4n) is 3.75. The largest absolute Gasteiger partial charge is 0.354 e. The van der Waals surface area contributed by atoms with Gasteiger partial charge in [-0.3, -0.25) is 14.5 Å². The first-order chi connectivity index (χ1) is 12.9. The summed E-state index contributed by atoms with van der Waals surface area (Å²) in [6, 6.07) is 4.73. The molecule has 1 saturated heterocycles. The SMILES string of the molecule is O=C(CN1C(=O)NC2(CCCCCC2)C1=O)NCCc1ccc(Cl)cc1Cl. The fourth-order valence-corrected chi connectivity index (χ4v) is 4.25. The van der Waals surface area contributed by atoms with Crippen molar-refractivity contribution < 1.29 is 14.4 Å². The molecule has 0 aromatic heterocycles. The summed E-state index contributed by atoms with van der Waals surface area (Å²) in [5.74, 6) is -0.639. The van der Waals surface area contributed by atoms with Crippen LogP contribution < -0.4 is 10.6 Å². The van der Waals surface area contributed by atoms with E-state index in [2.05, 4.69) is 10.6 Å². The van der Waals surface area contributed by atoms with Gasteiger partial charge in [0.05, 0.1) is 0 Å². The number of imide groups is 1. The lowest BCUT2D eigenvalue weighted by Crippen LogP contribution is -2.47. The Balaban J connectivity index is 1.53. The van der Waals surface area contributed by atoms with E-state index in [9.17, 15) is 14.4 Å². The zero-order valence-electron chi connectivity index (χ0n) is 15.0. The average Bonchev–Trinajstić information content (AvgIpc) is 2.79. The lowest BCUT2D eigenvalue weighted by Gasteiger charge is -2.24. The quantitative estimate of drug-likeness (QED) is 0.729. The lowest BCUT2D eigenvalue weighted by atomic mass is 9.90. The molecule has 2 aliphatic rings. The van der Waals surface area contributed by atoms with Gasteiger partial charge in [-0.15, -0.1) is 0 Å². The molecule has 1 aromatic carbocycles. The van der Waals surface area contributed by atoms with Crippen molar-refractivity contribution >= 4 is 41.0 Å². The number of carbonyl (C=O) groups is 3. The first kappa shape index (κ1) is 20.0. The van der Waals surface area contributed by atoms with Crippen molar-refractivity contribution in [2.75, 3.05) is 13.1 Å². The predicted molar refractivity (Wildman–Crippen MR) is 104 cm³/mol. The van der Waals surface area contributed by atoms with Gasteiger partial charge in [-0.25, -0.2) is 4.79 Å². The fraction of sp³-hybridized carbons (Fsp3) is 0.526. The van der Waals surface area contributed by atoms with E-state index in [0.29, 0.717) is 35.9 Å². The number of urea groups is 1. The maximum atomic E-state index is 12.8. The lowest BCUT2D eigenvalue weighted by molar-refractivity contribution is -0.135. The molecule has 0 bridgehead atoms. The van der Waals surface area contributed by atoms with Crippen LogP contribution in [0.4, 0.5) is 4.79 Å². The second-order valence-corrected chi connectivity index (χ2v) is 8.00. The summed E-state index contributed by atoms with van der Waals surface area (Å²) in [4.78, 5) is 38.3. The Kier molecular flexibility index (Phi) is 6.27. The van der Waals surface area contributed by atoms with E-state index in [4.69, 9.17) is 23.2 Å².